The second-order valence-electron chi connectivity index (χ2n) is 5.58. The summed E-state index contributed by atoms with van der Waals surface area (Å²) in [6.45, 7) is 17.1. The van der Waals surface area contributed by atoms with Crippen LogP contribution < -0.4 is 4.98 Å². The molecular formula is C23H35FeN-2. The van der Waals surface area contributed by atoms with Crippen LogP contribution in [0, 0.1) is 56.4 Å². The summed E-state index contributed by atoms with van der Waals surface area (Å²) in [6, 6.07) is 8.19. The van der Waals surface area contributed by atoms with Crippen molar-refractivity contribution in [2.75, 3.05) is 0 Å². The maximum atomic E-state index is 4.20. The molecule has 1 aromatic rings. The van der Waals surface area contributed by atoms with Crippen LogP contribution in [0.25, 0.3) is 11.3 Å². The van der Waals surface area contributed by atoms with Crippen molar-refractivity contribution in [2.45, 2.75) is 55.4 Å². The first-order valence-corrected chi connectivity index (χ1v) is 8.10. The van der Waals surface area contributed by atoms with Crippen molar-refractivity contribution < 1.29 is 17.1 Å². The van der Waals surface area contributed by atoms with Gasteiger partial charge in [-0.15, -0.1) is 5.69 Å². The van der Waals surface area contributed by atoms with Gasteiger partial charge >= 0.3 is 17.1 Å². The van der Waals surface area contributed by atoms with Crippen molar-refractivity contribution >= 4 is 0 Å². The number of hydrogen-bond acceptors (Lipinski definition) is 0. The maximum absolute atomic E-state index is 4.20. The molecule has 0 bridgehead atoms. The van der Waals surface area contributed by atoms with Crippen LogP contribution in [0.5, 0.6) is 0 Å². The van der Waals surface area contributed by atoms with Crippen LogP contribution in [-0.2, 0) is 17.1 Å². The van der Waals surface area contributed by atoms with Gasteiger partial charge in [-0.3, -0.25) is 0 Å². The summed E-state index contributed by atoms with van der Waals surface area (Å²) in [5.41, 5.74) is 11.0. The summed E-state index contributed by atoms with van der Waals surface area (Å²) < 4.78 is 0. The van der Waals surface area contributed by atoms with Gasteiger partial charge in [-0.2, -0.15) is 34.0 Å². The molecule has 2 heteroatoms. The van der Waals surface area contributed by atoms with Gasteiger partial charge in [0.15, 0.2) is 0 Å². The zero-order valence-corrected chi connectivity index (χ0v) is 18.8. The average Bonchev–Trinajstić information content (AvgIpc) is 3.09. The largest absolute Gasteiger partial charge is 2.00 e. The van der Waals surface area contributed by atoms with Crippen LogP contribution in [0.2, 0.25) is 0 Å². The van der Waals surface area contributed by atoms with Gasteiger partial charge in [-0.1, -0.05) is 72.7 Å². The van der Waals surface area contributed by atoms with E-state index in [2.05, 4.69) is 52.6 Å². The van der Waals surface area contributed by atoms with Crippen LogP contribution in [0.15, 0.2) is 30.5 Å². The van der Waals surface area contributed by atoms with E-state index in [-0.39, 0.29) is 31.9 Å². The van der Waals surface area contributed by atoms with Crippen molar-refractivity contribution in [1.29, 1.82) is 0 Å². The molecule has 0 N–H and O–H groups in total. The molecule has 2 aliphatic rings. The van der Waals surface area contributed by atoms with Crippen LogP contribution in [-0.4, -0.2) is 0 Å². The van der Waals surface area contributed by atoms with Crippen LogP contribution in [0.1, 0.15) is 47.2 Å². The molecule has 0 unspecified atom stereocenters. The van der Waals surface area contributed by atoms with Crippen molar-refractivity contribution in [3.8, 4) is 11.3 Å². The Balaban J connectivity index is -0.000000318. The zero-order valence-electron chi connectivity index (χ0n) is 17.7. The average molecular weight is 381 g/mol. The van der Waals surface area contributed by atoms with Crippen LogP contribution >= 0.6 is 0 Å². The van der Waals surface area contributed by atoms with Gasteiger partial charge in [-0.05, 0) is 18.1 Å². The van der Waals surface area contributed by atoms with Gasteiger partial charge < -0.3 is 19.8 Å². The van der Waals surface area contributed by atoms with Crippen LogP contribution in [0.3, 0.4) is 0 Å². The molecule has 0 aromatic heterocycles. The molecular weight excluding hydrogens is 346 g/mol. The first kappa shape index (κ1) is 28.4. The van der Waals surface area contributed by atoms with Gasteiger partial charge in [0, 0.05) is 0 Å². The van der Waals surface area contributed by atoms with Gasteiger partial charge in [0.2, 0.25) is 0 Å². The summed E-state index contributed by atoms with van der Waals surface area (Å²) in [5.74, 6) is 0. The fourth-order valence-electron chi connectivity index (χ4n) is 2.58. The van der Waals surface area contributed by atoms with E-state index in [1.807, 2.05) is 38.2 Å². The summed E-state index contributed by atoms with van der Waals surface area (Å²) in [7, 11) is 0. The molecule has 0 spiro atoms. The van der Waals surface area contributed by atoms with Crippen molar-refractivity contribution in [3.05, 3.63) is 78.7 Å². The van der Waals surface area contributed by atoms with Crippen molar-refractivity contribution in [1.82, 2.24) is 4.98 Å². The summed E-state index contributed by atoms with van der Waals surface area (Å²) >= 11 is 0. The van der Waals surface area contributed by atoms with E-state index in [1.165, 1.54) is 38.9 Å². The van der Waals surface area contributed by atoms with E-state index < -0.39 is 0 Å². The molecule has 25 heavy (non-hydrogen) atoms. The van der Waals surface area contributed by atoms with Gasteiger partial charge in [0.25, 0.3) is 0 Å². The zero-order chi connectivity index (χ0) is 16.9. The molecule has 1 nitrogen and oxygen atoms in total. The molecule has 1 heterocycles. The minimum atomic E-state index is 0. The number of aromatic nitrogens is 1. The van der Waals surface area contributed by atoms with Gasteiger partial charge in [0.05, 0.1) is 0 Å². The first-order chi connectivity index (χ1) is 10.4. The topological polar surface area (TPSA) is 14.1 Å². The summed E-state index contributed by atoms with van der Waals surface area (Å²) in [6.07, 6.45) is 1.84. The molecule has 1 aliphatic heterocycles. The van der Waals surface area contributed by atoms with E-state index in [0.29, 0.717) is 0 Å². The minimum absolute atomic E-state index is 0. The Morgan fingerprint density at radius 1 is 0.800 bits per heavy atom. The Hall–Kier alpha value is -1.37. The monoisotopic (exact) mass is 381 g/mol. The molecule has 1 aliphatic carbocycles. The molecule has 1 aromatic carbocycles. The molecule has 0 saturated carbocycles. The van der Waals surface area contributed by atoms with E-state index in [9.17, 15) is 0 Å². The minimum Gasteiger partial charge on any atom is -0.664 e. The second kappa shape index (κ2) is 12.9. The second-order valence-corrected chi connectivity index (χ2v) is 5.58. The van der Waals surface area contributed by atoms with Crippen molar-refractivity contribution in [3.63, 3.8) is 0 Å². The Labute approximate surface area is 167 Å². The quantitative estimate of drug-likeness (QED) is 0.304. The normalized spacial score (nSPS) is 8.64. The molecule has 0 atom stereocenters. The third-order valence-electron chi connectivity index (χ3n) is 4.57. The number of pyridine rings is 1. The number of aryl methyl sites for hydroxylation is 1. The fourth-order valence-corrected chi connectivity index (χ4v) is 2.58. The molecule has 0 fully saturated rings. The predicted molar refractivity (Wildman–Crippen MR) is 111 cm³/mol. The molecule has 0 saturated heterocycles. The van der Waals surface area contributed by atoms with Crippen molar-refractivity contribution in [2.24, 2.45) is 0 Å². The number of fused-ring (bicyclic) bond motifs is 1. The Bertz CT molecular complexity index is 608. The number of nitrogens with zero attached hydrogens (tertiary/aromatic N) is 1. The number of rotatable bonds is 0. The SMILES string of the molecule is CC.Cc1c(C)c(C)[c-](C)c1C.Cc1cc[n-]c2cccc1-2.[CH3-].[CH3-].[Fe+2]. The first-order valence-electron chi connectivity index (χ1n) is 8.10. The van der Waals surface area contributed by atoms with E-state index in [0.717, 1.165) is 5.69 Å². The summed E-state index contributed by atoms with van der Waals surface area (Å²) in [4.78, 5) is 4.20. The Kier molecular flexibility index (Phi) is 14.7. The third kappa shape index (κ3) is 6.45. The Morgan fingerprint density at radius 2 is 1.28 bits per heavy atom. The van der Waals surface area contributed by atoms with E-state index in [1.54, 1.807) is 0 Å². The molecule has 3 rings (SSSR count). The smallest absolute Gasteiger partial charge is 0.664 e. The maximum Gasteiger partial charge on any atom is 2.00 e. The predicted octanol–water partition coefficient (Wildman–Crippen LogP) is 6.93. The molecule has 0 amide bonds. The van der Waals surface area contributed by atoms with E-state index in [4.69, 9.17) is 0 Å². The summed E-state index contributed by atoms with van der Waals surface area (Å²) in [5, 5.41) is 0. The van der Waals surface area contributed by atoms with E-state index >= 15 is 0 Å². The Morgan fingerprint density at radius 3 is 1.64 bits per heavy atom. The molecule has 0 radical (unpaired) electrons. The standard InChI is InChI=1S/C10H15.C9H8N.C2H6.2CH3.Fe/c1-6-7(2)9(4)10(5)8(6)3;1-7-5-6-10-9-4-2-3-8(7)9;1-2;;;/h1-5H3;2-6H,1H3;1-2H3;2*1H3;/q2*-1;;2*-1;+2. The van der Waals surface area contributed by atoms with Gasteiger partial charge in [-0.25, -0.2) is 0 Å². The number of hydrogen-bond donors (Lipinski definition) is 0. The fraction of sp³-hybridized carbons (Fsp3) is 0.348. The van der Waals surface area contributed by atoms with Crippen LogP contribution in [0.4, 0.5) is 0 Å². The van der Waals surface area contributed by atoms with Gasteiger partial charge in [0.1, 0.15) is 0 Å². The molecule has 142 valence electrons. The third-order valence-corrected chi connectivity index (χ3v) is 4.57.